The van der Waals surface area contributed by atoms with Gasteiger partial charge in [-0.15, -0.1) is 0 Å². The highest BCUT2D eigenvalue weighted by atomic mass is 19.1. The number of hydrogen-bond acceptors (Lipinski definition) is 7. The molecule has 9 heteroatoms. The fraction of sp³-hybridized carbons (Fsp3) is 0.467. The molecule has 3 fully saturated rings. The summed E-state index contributed by atoms with van der Waals surface area (Å²) in [5.74, 6) is 2.28. The van der Waals surface area contributed by atoms with E-state index < -0.39 is 0 Å². The number of carbonyl (C=O) groups excluding carboxylic acids is 1. The number of anilines is 3. The third kappa shape index (κ3) is 5.40. The lowest BCUT2D eigenvalue weighted by Gasteiger charge is -2.37. The Labute approximate surface area is 229 Å². The fourth-order valence-corrected chi connectivity index (χ4v) is 5.70. The normalized spacial score (nSPS) is 19.8. The van der Waals surface area contributed by atoms with Crippen molar-refractivity contribution in [2.24, 2.45) is 0 Å². The highest BCUT2D eigenvalue weighted by Gasteiger charge is 2.27. The monoisotopic (exact) mass is 529 g/mol. The standard InChI is InChI=1S/C30H36FN7O/c1-20-17-23(29(39)33-25-6-3-7-25)19-32-28(20)37-15-13-36(14-16-37)27-18-26(22-8-10-24(31)11-9-22)34-30(35-27)38-12-4-5-21(38)2/h8-11,17-19,21,25H,3-7,12-16H2,1-2H3,(H,33,39). The topological polar surface area (TPSA) is 77.5 Å². The predicted octanol–water partition coefficient (Wildman–Crippen LogP) is 4.58. The molecular formula is C30H36FN7O. The van der Waals surface area contributed by atoms with Crippen molar-refractivity contribution in [2.75, 3.05) is 47.4 Å². The first-order valence-electron chi connectivity index (χ1n) is 14.1. The molecule has 0 bridgehead atoms. The van der Waals surface area contributed by atoms with Crippen LogP contribution in [-0.4, -0.2) is 65.7 Å². The van der Waals surface area contributed by atoms with Crippen LogP contribution >= 0.6 is 0 Å². The van der Waals surface area contributed by atoms with Gasteiger partial charge in [0.25, 0.3) is 5.91 Å². The van der Waals surface area contributed by atoms with E-state index in [0.717, 1.165) is 92.8 Å². The summed E-state index contributed by atoms with van der Waals surface area (Å²) < 4.78 is 13.6. The van der Waals surface area contributed by atoms with Crippen LogP contribution in [0.25, 0.3) is 11.3 Å². The molecule has 3 aromatic rings. The molecule has 1 atom stereocenters. The van der Waals surface area contributed by atoms with Crippen molar-refractivity contribution in [2.45, 2.75) is 58.0 Å². The third-order valence-corrected chi connectivity index (χ3v) is 8.31. The number of carbonyl (C=O) groups is 1. The SMILES string of the molecule is Cc1cc(C(=O)NC2CCC2)cnc1N1CCN(c2cc(-c3ccc(F)cc3)nc(N3CCCC3C)n2)CC1. The number of nitrogens with zero attached hydrogens (tertiary/aromatic N) is 6. The summed E-state index contributed by atoms with van der Waals surface area (Å²) in [7, 11) is 0. The van der Waals surface area contributed by atoms with Crippen LogP contribution in [0.4, 0.5) is 22.0 Å². The fourth-order valence-electron chi connectivity index (χ4n) is 5.70. The molecule has 0 spiro atoms. The van der Waals surface area contributed by atoms with E-state index in [1.165, 1.54) is 18.6 Å². The van der Waals surface area contributed by atoms with E-state index in [-0.39, 0.29) is 11.7 Å². The number of aryl methyl sites for hydroxylation is 1. The molecule has 8 nitrogen and oxygen atoms in total. The average Bonchev–Trinajstić information content (AvgIpc) is 3.36. The number of nitrogens with one attached hydrogen (secondary N) is 1. The summed E-state index contributed by atoms with van der Waals surface area (Å²) in [5, 5.41) is 3.10. The minimum atomic E-state index is -0.256. The number of hydrogen-bond donors (Lipinski definition) is 1. The zero-order chi connectivity index (χ0) is 26.9. The van der Waals surface area contributed by atoms with Crippen LogP contribution in [0.1, 0.15) is 54.9 Å². The first kappa shape index (κ1) is 25.5. The summed E-state index contributed by atoms with van der Waals surface area (Å²) in [6.07, 6.45) is 7.28. The maximum absolute atomic E-state index is 13.6. The maximum Gasteiger partial charge on any atom is 0.253 e. The van der Waals surface area contributed by atoms with E-state index in [1.54, 1.807) is 18.3 Å². The van der Waals surface area contributed by atoms with Gasteiger partial charge in [-0.2, -0.15) is 4.98 Å². The molecule has 39 heavy (non-hydrogen) atoms. The van der Waals surface area contributed by atoms with Gasteiger partial charge >= 0.3 is 0 Å². The zero-order valence-corrected chi connectivity index (χ0v) is 22.7. The van der Waals surface area contributed by atoms with Gasteiger partial charge in [0.2, 0.25) is 5.95 Å². The minimum absolute atomic E-state index is 0.0319. The summed E-state index contributed by atoms with van der Waals surface area (Å²) >= 11 is 0. The highest BCUT2D eigenvalue weighted by Crippen LogP contribution is 2.30. The van der Waals surface area contributed by atoms with Gasteiger partial charge in [-0.3, -0.25) is 4.79 Å². The zero-order valence-electron chi connectivity index (χ0n) is 22.7. The Bertz CT molecular complexity index is 1340. The molecule has 1 N–H and O–H groups in total. The molecule has 2 aromatic heterocycles. The Morgan fingerprint density at radius 3 is 2.33 bits per heavy atom. The first-order valence-corrected chi connectivity index (χ1v) is 14.1. The minimum Gasteiger partial charge on any atom is -0.353 e. The third-order valence-electron chi connectivity index (χ3n) is 8.31. The number of rotatable bonds is 6. The first-order chi connectivity index (χ1) is 18.9. The van der Waals surface area contributed by atoms with Crippen LogP contribution < -0.4 is 20.0 Å². The Balaban J connectivity index is 1.19. The van der Waals surface area contributed by atoms with Gasteiger partial charge in [0.1, 0.15) is 17.5 Å². The summed E-state index contributed by atoms with van der Waals surface area (Å²) in [4.78, 5) is 34.0. The molecule has 3 aliphatic rings. The van der Waals surface area contributed by atoms with Crippen molar-refractivity contribution in [3.8, 4) is 11.3 Å². The van der Waals surface area contributed by atoms with Crippen LogP contribution in [-0.2, 0) is 0 Å². The van der Waals surface area contributed by atoms with Crippen molar-refractivity contribution >= 4 is 23.5 Å². The van der Waals surface area contributed by atoms with Gasteiger partial charge in [-0.05, 0) is 81.8 Å². The molecule has 2 saturated heterocycles. The second-order valence-electron chi connectivity index (χ2n) is 11.0. The van der Waals surface area contributed by atoms with Crippen LogP contribution in [0.5, 0.6) is 0 Å². The van der Waals surface area contributed by atoms with Gasteiger partial charge in [-0.25, -0.2) is 14.4 Å². The molecule has 1 saturated carbocycles. The smallest absolute Gasteiger partial charge is 0.253 e. The van der Waals surface area contributed by atoms with Crippen LogP contribution in [0.3, 0.4) is 0 Å². The van der Waals surface area contributed by atoms with Crippen LogP contribution in [0.15, 0.2) is 42.6 Å². The Hall–Kier alpha value is -3.75. The Kier molecular flexibility index (Phi) is 7.06. The van der Waals surface area contributed by atoms with E-state index in [2.05, 4.69) is 26.9 Å². The van der Waals surface area contributed by atoms with E-state index in [9.17, 15) is 9.18 Å². The number of amides is 1. The quantitative estimate of drug-likeness (QED) is 0.501. The molecule has 6 rings (SSSR count). The Morgan fingerprint density at radius 1 is 0.949 bits per heavy atom. The number of halogens is 1. The Morgan fingerprint density at radius 2 is 1.69 bits per heavy atom. The second-order valence-corrected chi connectivity index (χ2v) is 11.0. The van der Waals surface area contributed by atoms with E-state index in [0.29, 0.717) is 17.6 Å². The number of pyridine rings is 1. The molecule has 1 aromatic carbocycles. The number of piperazine rings is 1. The molecule has 1 amide bonds. The van der Waals surface area contributed by atoms with E-state index in [1.807, 2.05) is 19.1 Å². The molecule has 1 aliphatic carbocycles. The molecule has 1 unspecified atom stereocenters. The highest BCUT2D eigenvalue weighted by molar-refractivity contribution is 5.94. The molecule has 204 valence electrons. The number of aromatic nitrogens is 3. The van der Waals surface area contributed by atoms with Crippen molar-refractivity contribution < 1.29 is 9.18 Å². The van der Waals surface area contributed by atoms with Gasteiger partial charge < -0.3 is 20.0 Å². The van der Waals surface area contributed by atoms with E-state index >= 15 is 0 Å². The molecular weight excluding hydrogens is 493 g/mol. The van der Waals surface area contributed by atoms with Gasteiger partial charge in [0, 0.05) is 62.6 Å². The second kappa shape index (κ2) is 10.8. The van der Waals surface area contributed by atoms with Crippen molar-refractivity contribution in [1.82, 2.24) is 20.3 Å². The largest absolute Gasteiger partial charge is 0.353 e. The van der Waals surface area contributed by atoms with Crippen molar-refractivity contribution in [3.05, 3.63) is 59.5 Å². The summed E-state index contributed by atoms with van der Waals surface area (Å²) in [6.45, 7) is 8.37. The van der Waals surface area contributed by atoms with Gasteiger partial charge in [-0.1, -0.05) is 0 Å². The average molecular weight is 530 g/mol. The predicted molar refractivity (Wildman–Crippen MR) is 152 cm³/mol. The lowest BCUT2D eigenvalue weighted by molar-refractivity contribution is 0.0916. The van der Waals surface area contributed by atoms with Crippen molar-refractivity contribution in [3.63, 3.8) is 0 Å². The van der Waals surface area contributed by atoms with Crippen LogP contribution in [0.2, 0.25) is 0 Å². The van der Waals surface area contributed by atoms with Crippen molar-refractivity contribution in [1.29, 1.82) is 0 Å². The lowest BCUT2D eigenvalue weighted by Crippen LogP contribution is -2.47. The van der Waals surface area contributed by atoms with Gasteiger partial charge in [0.05, 0.1) is 11.3 Å². The van der Waals surface area contributed by atoms with E-state index in [4.69, 9.17) is 15.0 Å². The van der Waals surface area contributed by atoms with Gasteiger partial charge in [0.15, 0.2) is 0 Å². The number of benzene rings is 1. The summed E-state index contributed by atoms with van der Waals surface area (Å²) in [5.41, 5.74) is 3.33. The lowest BCUT2D eigenvalue weighted by atomic mass is 9.93. The van der Waals surface area contributed by atoms with Crippen LogP contribution in [0, 0.1) is 12.7 Å². The molecule has 0 radical (unpaired) electrons. The molecule has 4 heterocycles. The summed E-state index contributed by atoms with van der Waals surface area (Å²) in [6, 6.07) is 11.2. The maximum atomic E-state index is 13.6. The molecule has 2 aliphatic heterocycles.